The van der Waals surface area contributed by atoms with Crippen molar-refractivity contribution in [3.63, 3.8) is 0 Å². The van der Waals surface area contributed by atoms with Gasteiger partial charge in [-0.15, -0.1) is 0 Å². The molecule has 0 amide bonds. The highest BCUT2D eigenvalue weighted by atomic mass is 16.4. The standard InChI is InChI=1S/C24H36O2/c1-19-9-8-11-20(21(19)12-5-7-13-23(2)15-16-23)10-4-3-6-14-24(17-18-24)22(25)26/h8-9,11H,3-7,10,12-18H2,1-2H3,(H,25,26). The molecule has 0 aromatic heterocycles. The first-order chi connectivity index (χ1) is 12.4. The molecule has 2 aliphatic carbocycles. The third-order valence-electron chi connectivity index (χ3n) is 6.98. The van der Waals surface area contributed by atoms with Gasteiger partial charge in [0.25, 0.3) is 0 Å². The van der Waals surface area contributed by atoms with E-state index in [4.69, 9.17) is 0 Å². The SMILES string of the molecule is Cc1cccc(CCCCCC2(C(=O)O)CC2)c1CCCCC1(C)CC1. The summed E-state index contributed by atoms with van der Waals surface area (Å²) < 4.78 is 0. The molecule has 1 N–H and O–H groups in total. The highest BCUT2D eigenvalue weighted by Crippen LogP contribution is 2.50. The summed E-state index contributed by atoms with van der Waals surface area (Å²) in [6, 6.07) is 6.76. The van der Waals surface area contributed by atoms with Gasteiger partial charge in [0.2, 0.25) is 0 Å². The Morgan fingerprint density at radius 2 is 1.65 bits per heavy atom. The minimum absolute atomic E-state index is 0.341. The van der Waals surface area contributed by atoms with Gasteiger partial charge in [-0.25, -0.2) is 0 Å². The summed E-state index contributed by atoms with van der Waals surface area (Å²) in [4.78, 5) is 11.2. The van der Waals surface area contributed by atoms with Gasteiger partial charge in [-0.3, -0.25) is 4.79 Å². The van der Waals surface area contributed by atoms with E-state index in [1.54, 1.807) is 5.56 Å². The van der Waals surface area contributed by atoms with Crippen LogP contribution in [-0.4, -0.2) is 11.1 Å². The lowest BCUT2D eigenvalue weighted by Gasteiger charge is -2.14. The minimum Gasteiger partial charge on any atom is -0.481 e. The normalized spacial score (nSPS) is 19.3. The molecule has 2 saturated carbocycles. The van der Waals surface area contributed by atoms with Crippen molar-refractivity contribution in [3.05, 3.63) is 34.9 Å². The van der Waals surface area contributed by atoms with Crippen LogP contribution in [-0.2, 0) is 17.6 Å². The van der Waals surface area contributed by atoms with E-state index in [0.29, 0.717) is 5.41 Å². The number of hydrogen-bond acceptors (Lipinski definition) is 1. The molecule has 0 heterocycles. The Morgan fingerprint density at radius 3 is 2.31 bits per heavy atom. The van der Waals surface area contributed by atoms with Crippen LogP contribution in [0.3, 0.4) is 0 Å². The number of unbranched alkanes of at least 4 members (excludes halogenated alkanes) is 3. The van der Waals surface area contributed by atoms with Gasteiger partial charge in [0.1, 0.15) is 0 Å². The Morgan fingerprint density at radius 1 is 0.962 bits per heavy atom. The van der Waals surface area contributed by atoms with Crippen molar-refractivity contribution < 1.29 is 9.90 Å². The first kappa shape index (κ1) is 19.5. The van der Waals surface area contributed by atoms with Gasteiger partial charge in [0.15, 0.2) is 0 Å². The van der Waals surface area contributed by atoms with Crippen molar-refractivity contribution in [2.24, 2.45) is 10.8 Å². The van der Waals surface area contributed by atoms with E-state index in [2.05, 4.69) is 32.0 Å². The van der Waals surface area contributed by atoms with Crippen molar-refractivity contribution in [3.8, 4) is 0 Å². The highest BCUT2D eigenvalue weighted by Gasteiger charge is 2.49. The molecule has 0 radical (unpaired) electrons. The molecule has 3 rings (SSSR count). The van der Waals surface area contributed by atoms with Crippen molar-refractivity contribution in [2.45, 2.75) is 97.3 Å². The van der Waals surface area contributed by atoms with E-state index in [-0.39, 0.29) is 5.41 Å². The largest absolute Gasteiger partial charge is 0.481 e. The van der Waals surface area contributed by atoms with Crippen LogP contribution in [0.2, 0.25) is 0 Å². The molecule has 26 heavy (non-hydrogen) atoms. The molecular weight excluding hydrogens is 320 g/mol. The summed E-state index contributed by atoms with van der Waals surface area (Å²) in [6.07, 6.45) is 15.4. The molecule has 2 fully saturated rings. The summed E-state index contributed by atoms with van der Waals surface area (Å²) in [7, 11) is 0. The molecule has 0 saturated heterocycles. The fraction of sp³-hybridized carbons (Fsp3) is 0.708. The fourth-order valence-corrected chi connectivity index (χ4v) is 4.35. The third-order valence-corrected chi connectivity index (χ3v) is 6.98. The van der Waals surface area contributed by atoms with Crippen molar-refractivity contribution in [2.75, 3.05) is 0 Å². The Balaban J connectivity index is 1.40. The number of carbonyl (C=O) groups is 1. The molecule has 0 spiro atoms. The Kier molecular flexibility index (Phi) is 6.10. The lowest BCUT2D eigenvalue weighted by atomic mass is 9.91. The van der Waals surface area contributed by atoms with Crippen LogP contribution in [0.15, 0.2) is 18.2 Å². The molecule has 0 atom stereocenters. The van der Waals surface area contributed by atoms with Crippen LogP contribution in [0, 0.1) is 17.8 Å². The highest BCUT2D eigenvalue weighted by molar-refractivity contribution is 5.77. The van der Waals surface area contributed by atoms with Gasteiger partial charge in [0.05, 0.1) is 5.41 Å². The predicted octanol–water partition coefficient (Wildman–Crippen LogP) is 6.48. The van der Waals surface area contributed by atoms with E-state index >= 15 is 0 Å². The first-order valence-electron chi connectivity index (χ1n) is 10.8. The molecule has 144 valence electrons. The molecule has 1 aromatic carbocycles. The summed E-state index contributed by atoms with van der Waals surface area (Å²) in [5, 5.41) is 9.26. The second-order valence-electron chi connectivity index (χ2n) is 9.38. The third kappa shape index (κ3) is 5.11. The van der Waals surface area contributed by atoms with Crippen LogP contribution in [0.25, 0.3) is 0 Å². The van der Waals surface area contributed by atoms with Crippen LogP contribution in [0.5, 0.6) is 0 Å². The maximum absolute atomic E-state index is 11.2. The number of rotatable bonds is 12. The monoisotopic (exact) mass is 356 g/mol. The number of benzene rings is 1. The van der Waals surface area contributed by atoms with Crippen LogP contribution in [0.1, 0.15) is 94.2 Å². The maximum atomic E-state index is 11.2. The zero-order valence-corrected chi connectivity index (χ0v) is 16.8. The van der Waals surface area contributed by atoms with Gasteiger partial charge in [0, 0.05) is 0 Å². The number of aliphatic carboxylic acids is 1. The minimum atomic E-state index is -0.571. The lowest BCUT2D eigenvalue weighted by molar-refractivity contribution is -0.143. The topological polar surface area (TPSA) is 37.3 Å². The summed E-state index contributed by atoms with van der Waals surface area (Å²) in [5.41, 5.74) is 4.90. The average Bonchev–Trinajstić information content (AvgIpc) is 3.51. The maximum Gasteiger partial charge on any atom is 0.309 e. The first-order valence-corrected chi connectivity index (χ1v) is 10.8. The lowest BCUT2D eigenvalue weighted by Crippen LogP contribution is -2.14. The molecule has 1 aromatic rings. The predicted molar refractivity (Wildman–Crippen MR) is 108 cm³/mol. The molecule has 0 unspecified atom stereocenters. The number of hydrogen-bond donors (Lipinski definition) is 1. The van der Waals surface area contributed by atoms with Crippen LogP contribution in [0.4, 0.5) is 0 Å². The van der Waals surface area contributed by atoms with Gasteiger partial charge >= 0.3 is 5.97 Å². The number of carboxylic acid groups (broad SMARTS) is 1. The van der Waals surface area contributed by atoms with Crippen molar-refractivity contribution in [1.82, 2.24) is 0 Å². The molecular formula is C24H36O2. The Hall–Kier alpha value is -1.31. The molecule has 2 aliphatic rings. The van der Waals surface area contributed by atoms with E-state index in [1.165, 1.54) is 56.1 Å². The Bertz CT molecular complexity index is 623. The van der Waals surface area contributed by atoms with Crippen molar-refractivity contribution in [1.29, 1.82) is 0 Å². The molecule has 0 bridgehead atoms. The fourth-order valence-electron chi connectivity index (χ4n) is 4.35. The second kappa shape index (κ2) is 8.15. The zero-order chi connectivity index (χ0) is 18.6. The van der Waals surface area contributed by atoms with Gasteiger partial charge in [-0.2, -0.15) is 0 Å². The second-order valence-corrected chi connectivity index (χ2v) is 9.38. The smallest absolute Gasteiger partial charge is 0.309 e. The van der Waals surface area contributed by atoms with Crippen LogP contribution < -0.4 is 0 Å². The summed E-state index contributed by atoms with van der Waals surface area (Å²) >= 11 is 0. The average molecular weight is 357 g/mol. The quantitative estimate of drug-likeness (QED) is 0.435. The molecule has 2 heteroatoms. The van der Waals surface area contributed by atoms with Gasteiger partial charge in [-0.1, -0.05) is 44.4 Å². The Labute approximate surface area is 159 Å². The van der Waals surface area contributed by atoms with Gasteiger partial charge in [-0.05, 0) is 93.2 Å². The summed E-state index contributed by atoms with van der Waals surface area (Å²) in [5.74, 6) is -0.571. The number of aryl methyl sites for hydroxylation is 2. The van der Waals surface area contributed by atoms with Crippen molar-refractivity contribution >= 4 is 5.97 Å². The molecule has 2 nitrogen and oxygen atoms in total. The molecule has 0 aliphatic heterocycles. The van der Waals surface area contributed by atoms with E-state index in [1.807, 2.05) is 0 Å². The summed E-state index contributed by atoms with van der Waals surface area (Å²) in [6.45, 7) is 4.69. The van der Waals surface area contributed by atoms with E-state index in [0.717, 1.165) is 38.5 Å². The van der Waals surface area contributed by atoms with E-state index < -0.39 is 5.97 Å². The number of carboxylic acids is 1. The zero-order valence-electron chi connectivity index (χ0n) is 16.8. The van der Waals surface area contributed by atoms with E-state index in [9.17, 15) is 9.90 Å². The van der Waals surface area contributed by atoms with Crippen LogP contribution >= 0.6 is 0 Å². The van der Waals surface area contributed by atoms with Gasteiger partial charge < -0.3 is 5.11 Å².